The Hall–Kier alpha value is -2.81. The number of carbonyl (C=O) groups excluding carboxylic acids is 2. The topological polar surface area (TPSA) is 100.0 Å². The van der Waals surface area contributed by atoms with Crippen molar-refractivity contribution in [3.8, 4) is 5.75 Å². The number of benzene rings is 1. The van der Waals surface area contributed by atoms with Crippen LogP contribution in [0.3, 0.4) is 0 Å². The van der Waals surface area contributed by atoms with E-state index in [9.17, 15) is 19.8 Å². The summed E-state index contributed by atoms with van der Waals surface area (Å²) in [7, 11) is 1.54. The minimum atomic E-state index is -0.410. The van der Waals surface area contributed by atoms with E-state index in [4.69, 9.17) is 4.74 Å². The molecular weight excluding hydrogens is 512 g/mol. The Morgan fingerprint density at radius 1 is 1.23 bits per heavy atom. The van der Waals surface area contributed by atoms with Crippen LogP contribution in [0.1, 0.15) is 30.5 Å². The highest BCUT2D eigenvalue weighted by Gasteiger charge is 2.55. The number of imide groups is 1. The summed E-state index contributed by atoms with van der Waals surface area (Å²) in [5.41, 5.74) is 4.23. The van der Waals surface area contributed by atoms with Gasteiger partial charge in [-0.1, -0.05) is 22.0 Å². The van der Waals surface area contributed by atoms with Crippen molar-refractivity contribution in [1.29, 1.82) is 0 Å². The predicted molar refractivity (Wildman–Crippen MR) is 134 cm³/mol. The summed E-state index contributed by atoms with van der Waals surface area (Å²) in [5.74, 6) is -1.14. The molecule has 0 unspecified atom stereocenters. The second-order valence-electron chi connectivity index (χ2n) is 9.34. The number of carbonyl (C=O) groups is 2. The van der Waals surface area contributed by atoms with Crippen molar-refractivity contribution in [1.82, 2.24) is 9.88 Å². The van der Waals surface area contributed by atoms with Gasteiger partial charge in [0, 0.05) is 29.2 Å². The third-order valence-corrected chi connectivity index (χ3v) is 7.90. The third-order valence-electron chi connectivity index (χ3n) is 7.41. The van der Waals surface area contributed by atoms with Gasteiger partial charge < -0.3 is 14.9 Å². The van der Waals surface area contributed by atoms with Crippen LogP contribution in [-0.2, 0) is 14.3 Å². The van der Waals surface area contributed by atoms with Crippen LogP contribution in [0.15, 0.2) is 58.2 Å². The van der Waals surface area contributed by atoms with Crippen molar-refractivity contribution in [2.45, 2.75) is 25.4 Å². The number of aromatic nitrogens is 1. The normalized spacial score (nSPS) is 26.4. The van der Waals surface area contributed by atoms with E-state index in [0.29, 0.717) is 31.4 Å². The summed E-state index contributed by atoms with van der Waals surface area (Å²) < 4.78 is 7.04. The standard InChI is InChI=1S/C27H27BrN2O5/c1-30-26(33)19-12-17(13-31)24-20(25(19)27(30)34)14-35-23(24)8-5-15(21-4-2-3-9-29-21)10-16-11-18(28)6-7-22(16)32/h2-4,6-7,9-11,19-20,23,25,31-32H,5,8,12-14H2,1H3/b15-10-/t19-,20+,23-,25-/m1/s1. The number of hydrogen-bond donors (Lipinski definition) is 2. The molecule has 7 nitrogen and oxygen atoms in total. The van der Waals surface area contributed by atoms with Crippen LogP contribution in [-0.4, -0.2) is 58.3 Å². The Bertz CT molecular complexity index is 1230. The Morgan fingerprint density at radius 3 is 2.80 bits per heavy atom. The summed E-state index contributed by atoms with van der Waals surface area (Å²) in [6.07, 6.45) is 5.06. The highest BCUT2D eigenvalue weighted by molar-refractivity contribution is 9.10. The lowest BCUT2D eigenvalue weighted by molar-refractivity contribution is -0.138. The van der Waals surface area contributed by atoms with Gasteiger partial charge in [0.1, 0.15) is 5.75 Å². The molecule has 2 fully saturated rings. The van der Waals surface area contributed by atoms with Crippen molar-refractivity contribution in [2.24, 2.45) is 17.8 Å². The molecule has 3 heterocycles. The van der Waals surface area contributed by atoms with Crippen LogP contribution in [0, 0.1) is 17.8 Å². The van der Waals surface area contributed by atoms with Crippen LogP contribution in [0.5, 0.6) is 5.75 Å². The number of phenols is 1. The fourth-order valence-corrected chi connectivity index (χ4v) is 6.10. The van der Waals surface area contributed by atoms with Crippen molar-refractivity contribution in [3.05, 3.63) is 69.5 Å². The lowest BCUT2D eigenvalue weighted by Gasteiger charge is -2.31. The van der Waals surface area contributed by atoms with E-state index in [1.807, 2.05) is 30.3 Å². The van der Waals surface area contributed by atoms with Crippen LogP contribution >= 0.6 is 15.9 Å². The first-order chi connectivity index (χ1) is 16.9. The molecule has 1 aliphatic carbocycles. The third kappa shape index (κ3) is 4.35. The lowest BCUT2D eigenvalue weighted by Crippen LogP contribution is -2.34. The van der Waals surface area contributed by atoms with E-state index in [2.05, 4.69) is 20.9 Å². The summed E-state index contributed by atoms with van der Waals surface area (Å²) >= 11 is 3.46. The number of rotatable bonds is 6. The lowest BCUT2D eigenvalue weighted by atomic mass is 9.69. The van der Waals surface area contributed by atoms with E-state index in [-0.39, 0.29) is 36.2 Å². The molecule has 1 aromatic heterocycles. The highest BCUT2D eigenvalue weighted by Crippen LogP contribution is 2.49. The first-order valence-corrected chi connectivity index (χ1v) is 12.5. The van der Waals surface area contributed by atoms with Gasteiger partial charge in [0.15, 0.2) is 0 Å². The van der Waals surface area contributed by atoms with Gasteiger partial charge in [-0.2, -0.15) is 0 Å². The molecule has 0 spiro atoms. The zero-order chi connectivity index (χ0) is 24.7. The second kappa shape index (κ2) is 9.68. The number of aromatic hydroxyl groups is 1. The average Bonchev–Trinajstić information content (AvgIpc) is 3.38. The van der Waals surface area contributed by atoms with Crippen LogP contribution in [0.2, 0.25) is 0 Å². The molecule has 0 bridgehead atoms. The predicted octanol–water partition coefficient (Wildman–Crippen LogP) is 3.81. The molecule has 0 radical (unpaired) electrons. The number of ether oxygens (including phenoxy) is 1. The molecule has 5 rings (SSSR count). The summed E-state index contributed by atoms with van der Waals surface area (Å²) in [5, 5.41) is 20.5. The first kappa shape index (κ1) is 23.9. The Kier molecular flexibility index (Phi) is 6.61. The average molecular weight is 539 g/mol. The number of likely N-dealkylation sites (tertiary alicyclic amines) is 1. The fraction of sp³-hybridized carbons (Fsp3) is 0.370. The van der Waals surface area contributed by atoms with Gasteiger partial charge in [-0.25, -0.2) is 0 Å². The number of pyridine rings is 1. The van der Waals surface area contributed by atoms with Crippen molar-refractivity contribution < 1.29 is 24.5 Å². The van der Waals surface area contributed by atoms with Crippen molar-refractivity contribution in [2.75, 3.05) is 20.3 Å². The molecule has 2 N–H and O–H groups in total. The molecule has 8 heteroatoms. The maximum atomic E-state index is 12.8. The number of aliphatic hydroxyl groups is 1. The monoisotopic (exact) mass is 538 g/mol. The second-order valence-corrected chi connectivity index (χ2v) is 10.3. The van der Waals surface area contributed by atoms with Gasteiger partial charge in [-0.3, -0.25) is 19.5 Å². The largest absolute Gasteiger partial charge is 0.507 e. The van der Waals surface area contributed by atoms with Gasteiger partial charge in [0.25, 0.3) is 0 Å². The first-order valence-electron chi connectivity index (χ1n) is 11.7. The molecule has 3 aliphatic rings. The molecule has 2 saturated heterocycles. The molecule has 4 atom stereocenters. The Morgan fingerprint density at radius 2 is 2.06 bits per heavy atom. The van der Waals surface area contributed by atoms with E-state index in [1.165, 1.54) is 11.9 Å². The molecule has 2 aliphatic heterocycles. The molecule has 35 heavy (non-hydrogen) atoms. The molecular formula is C27H27BrN2O5. The minimum absolute atomic E-state index is 0.144. The highest BCUT2D eigenvalue weighted by atomic mass is 79.9. The summed E-state index contributed by atoms with van der Waals surface area (Å²) in [6, 6.07) is 11.0. The summed E-state index contributed by atoms with van der Waals surface area (Å²) in [4.78, 5) is 31.2. The van der Waals surface area contributed by atoms with Gasteiger partial charge in [0.05, 0.1) is 36.8 Å². The number of allylic oxidation sites excluding steroid dienone is 1. The van der Waals surface area contributed by atoms with Crippen molar-refractivity contribution >= 4 is 39.4 Å². The van der Waals surface area contributed by atoms with Gasteiger partial charge in [-0.05, 0) is 72.4 Å². The van der Waals surface area contributed by atoms with E-state index in [1.54, 1.807) is 18.3 Å². The number of nitrogens with zero attached hydrogens (tertiary/aromatic N) is 2. The SMILES string of the molecule is CN1C(=O)[C@@H]2[C@@H](CC(CO)=C3[C@@H](CC/C(=C/c4cc(Br)ccc4O)c4ccccn4)OC[C@@H]32)C1=O. The van der Waals surface area contributed by atoms with E-state index in [0.717, 1.165) is 26.9 Å². The fourth-order valence-electron chi connectivity index (χ4n) is 5.72. The zero-order valence-electron chi connectivity index (χ0n) is 19.4. The number of fused-ring (bicyclic) bond motifs is 3. The van der Waals surface area contributed by atoms with Crippen LogP contribution in [0.25, 0.3) is 11.6 Å². The van der Waals surface area contributed by atoms with Gasteiger partial charge in [-0.15, -0.1) is 0 Å². The number of halogens is 1. The van der Waals surface area contributed by atoms with E-state index >= 15 is 0 Å². The number of hydrogen-bond acceptors (Lipinski definition) is 6. The number of phenolic OH excluding ortho intramolecular Hbond substituents is 1. The maximum absolute atomic E-state index is 12.8. The Balaban J connectivity index is 1.43. The number of amides is 2. The van der Waals surface area contributed by atoms with Gasteiger partial charge >= 0.3 is 0 Å². The molecule has 1 aromatic carbocycles. The zero-order valence-corrected chi connectivity index (χ0v) is 20.9. The Labute approximate surface area is 212 Å². The number of aliphatic hydroxyl groups excluding tert-OH is 1. The van der Waals surface area contributed by atoms with Crippen LogP contribution < -0.4 is 0 Å². The van der Waals surface area contributed by atoms with Crippen LogP contribution in [0.4, 0.5) is 0 Å². The summed E-state index contributed by atoms with van der Waals surface area (Å²) in [6.45, 7) is 0.224. The minimum Gasteiger partial charge on any atom is -0.507 e. The van der Waals surface area contributed by atoms with E-state index < -0.39 is 11.8 Å². The molecule has 182 valence electrons. The smallest absolute Gasteiger partial charge is 0.233 e. The molecule has 2 amide bonds. The van der Waals surface area contributed by atoms with Gasteiger partial charge in [0.2, 0.25) is 11.8 Å². The maximum Gasteiger partial charge on any atom is 0.233 e. The molecule has 2 aromatic rings. The van der Waals surface area contributed by atoms with Crippen molar-refractivity contribution in [3.63, 3.8) is 0 Å². The molecule has 0 saturated carbocycles. The quantitative estimate of drug-likeness (QED) is 0.428.